The first kappa shape index (κ1) is 15.1. The van der Waals surface area contributed by atoms with Crippen molar-refractivity contribution in [2.45, 2.75) is 25.3 Å². The zero-order valence-electron chi connectivity index (χ0n) is 12.6. The van der Waals surface area contributed by atoms with Gasteiger partial charge in [-0.05, 0) is 30.5 Å². The molecule has 0 radical (unpaired) electrons. The molecule has 0 spiro atoms. The smallest absolute Gasteiger partial charge is 0.273 e. The molecule has 1 aliphatic rings. The number of likely N-dealkylation sites (tertiary alicyclic amines) is 1. The maximum atomic E-state index is 12.7. The number of carbonyl (C=O) groups is 1. The van der Waals surface area contributed by atoms with Crippen molar-refractivity contribution in [2.24, 2.45) is 0 Å². The number of pyridine rings is 1. The second-order valence-corrected chi connectivity index (χ2v) is 5.59. The number of carbonyl (C=O) groups excluding carboxylic acids is 1. The highest BCUT2D eigenvalue weighted by molar-refractivity contribution is 5.80. The fourth-order valence-corrected chi connectivity index (χ4v) is 3.10. The summed E-state index contributed by atoms with van der Waals surface area (Å²) in [5.41, 5.74) is 1.52. The van der Waals surface area contributed by atoms with Crippen molar-refractivity contribution in [3.63, 3.8) is 0 Å². The quantitative estimate of drug-likeness (QED) is 0.642. The minimum atomic E-state index is -0.438. The molecule has 1 aliphatic heterocycles. The van der Waals surface area contributed by atoms with Crippen LogP contribution in [0.3, 0.4) is 0 Å². The first-order valence-corrected chi connectivity index (χ1v) is 7.58. The summed E-state index contributed by atoms with van der Waals surface area (Å²) in [6, 6.07) is 10.3. The summed E-state index contributed by atoms with van der Waals surface area (Å²) >= 11 is 0. The molecule has 0 saturated carbocycles. The van der Waals surface area contributed by atoms with E-state index in [1.807, 2.05) is 17.0 Å². The Morgan fingerprint density at radius 3 is 2.74 bits per heavy atom. The van der Waals surface area contributed by atoms with Crippen LogP contribution in [0.15, 0.2) is 48.8 Å². The molecule has 23 heavy (non-hydrogen) atoms. The van der Waals surface area contributed by atoms with Gasteiger partial charge in [0.2, 0.25) is 5.91 Å². The minimum Gasteiger partial charge on any atom is -0.335 e. The fourth-order valence-electron chi connectivity index (χ4n) is 3.10. The molecule has 2 aromatic rings. The van der Waals surface area contributed by atoms with Crippen LogP contribution in [0, 0.1) is 10.1 Å². The number of hydrogen-bond donors (Lipinski definition) is 0. The molecule has 1 fully saturated rings. The third-order valence-electron chi connectivity index (χ3n) is 4.19. The Kier molecular flexibility index (Phi) is 4.32. The van der Waals surface area contributed by atoms with Gasteiger partial charge < -0.3 is 4.90 Å². The zero-order chi connectivity index (χ0) is 16.2. The summed E-state index contributed by atoms with van der Waals surface area (Å²) in [7, 11) is 0. The zero-order valence-corrected chi connectivity index (χ0v) is 12.6. The molecule has 1 unspecified atom stereocenters. The number of benzene rings is 1. The summed E-state index contributed by atoms with van der Waals surface area (Å²) in [6.45, 7) is 0.687. The van der Waals surface area contributed by atoms with Gasteiger partial charge in [-0.1, -0.05) is 18.2 Å². The molecule has 0 N–H and O–H groups in total. The molecule has 3 rings (SSSR count). The molecule has 2 heterocycles. The van der Waals surface area contributed by atoms with Crippen molar-refractivity contribution in [3.8, 4) is 0 Å². The van der Waals surface area contributed by atoms with Crippen LogP contribution in [0.25, 0.3) is 0 Å². The van der Waals surface area contributed by atoms with Crippen LogP contribution in [0.1, 0.15) is 30.0 Å². The number of hydrogen-bond acceptors (Lipinski definition) is 4. The molecule has 1 aromatic carbocycles. The second-order valence-electron chi connectivity index (χ2n) is 5.59. The normalized spacial score (nSPS) is 17.2. The Hall–Kier alpha value is -2.76. The highest BCUT2D eigenvalue weighted by atomic mass is 16.6. The van der Waals surface area contributed by atoms with Crippen molar-refractivity contribution in [2.75, 3.05) is 6.54 Å². The van der Waals surface area contributed by atoms with E-state index in [4.69, 9.17) is 0 Å². The summed E-state index contributed by atoms with van der Waals surface area (Å²) in [5.74, 6) is -0.0707. The standard InChI is InChI=1S/C17H17N3O3/c21-17(12-14-4-1-2-5-16(14)20(22)23)19-11-3-6-15(19)13-7-9-18-10-8-13/h1-2,4-5,7-10,15H,3,6,11-12H2. The van der Waals surface area contributed by atoms with Crippen molar-refractivity contribution in [1.29, 1.82) is 0 Å². The Balaban J connectivity index is 1.79. The van der Waals surface area contributed by atoms with Crippen LogP contribution in [0.5, 0.6) is 0 Å². The van der Waals surface area contributed by atoms with E-state index < -0.39 is 4.92 Å². The Morgan fingerprint density at radius 2 is 2.00 bits per heavy atom. The molecule has 6 heteroatoms. The van der Waals surface area contributed by atoms with Gasteiger partial charge in [-0.2, -0.15) is 0 Å². The van der Waals surface area contributed by atoms with Crippen LogP contribution >= 0.6 is 0 Å². The van der Waals surface area contributed by atoms with E-state index in [9.17, 15) is 14.9 Å². The number of nitro groups is 1. The summed E-state index contributed by atoms with van der Waals surface area (Å²) < 4.78 is 0. The fraction of sp³-hybridized carbons (Fsp3) is 0.294. The lowest BCUT2D eigenvalue weighted by Crippen LogP contribution is -2.32. The van der Waals surface area contributed by atoms with E-state index in [-0.39, 0.29) is 24.1 Å². The number of rotatable bonds is 4. The van der Waals surface area contributed by atoms with Crippen molar-refractivity contribution < 1.29 is 9.72 Å². The van der Waals surface area contributed by atoms with Crippen LogP contribution < -0.4 is 0 Å². The van der Waals surface area contributed by atoms with Gasteiger partial charge in [0.15, 0.2) is 0 Å². The van der Waals surface area contributed by atoms with Gasteiger partial charge in [0.1, 0.15) is 0 Å². The van der Waals surface area contributed by atoms with Crippen molar-refractivity contribution in [3.05, 3.63) is 70.0 Å². The maximum Gasteiger partial charge on any atom is 0.273 e. The average Bonchev–Trinajstić information content (AvgIpc) is 3.05. The number of aromatic nitrogens is 1. The predicted molar refractivity (Wildman–Crippen MR) is 84.7 cm³/mol. The van der Waals surface area contributed by atoms with Gasteiger partial charge >= 0.3 is 0 Å². The average molecular weight is 311 g/mol. The van der Waals surface area contributed by atoms with Crippen LogP contribution in [0.2, 0.25) is 0 Å². The van der Waals surface area contributed by atoms with E-state index in [1.165, 1.54) is 6.07 Å². The monoisotopic (exact) mass is 311 g/mol. The van der Waals surface area contributed by atoms with E-state index in [0.717, 1.165) is 18.4 Å². The van der Waals surface area contributed by atoms with E-state index in [1.54, 1.807) is 30.6 Å². The van der Waals surface area contributed by atoms with E-state index in [0.29, 0.717) is 12.1 Å². The molecule has 6 nitrogen and oxygen atoms in total. The molecule has 1 aromatic heterocycles. The number of nitro benzene ring substituents is 1. The molecule has 1 amide bonds. The second kappa shape index (κ2) is 6.56. The molecule has 0 bridgehead atoms. The number of amides is 1. The van der Waals surface area contributed by atoms with E-state index in [2.05, 4.69) is 4.98 Å². The highest BCUT2D eigenvalue weighted by Gasteiger charge is 2.30. The van der Waals surface area contributed by atoms with Gasteiger partial charge in [0, 0.05) is 30.6 Å². The van der Waals surface area contributed by atoms with Gasteiger partial charge in [-0.15, -0.1) is 0 Å². The first-order valence-electron chi connectivity index (χ1n) is 7.58. The molecule has 1 saturated heterocycles. The van der Waals surface area contributed by atoms with Crippen molar-refractivity contribution >= 4 is 11.6 Å². The third-order valence-corrected chi connectivity index (χ3v) is 4.19. The maximum absolute atomic E-state index is 12.7. The molecule has 0 aliphatic carbocycles. The lowest BCUT2D eigenvalue weighted by Gasteiger charge is -2.25. The minimum absolute atomic E-state index is 0.000470. The number of para-hydroxylation sites is 1. The molecular weight excluding hydrogens is 294 g/mol. The molecular formula is C17H17N3O3. The van der Waals surface area contributed by atoms with E-state index >= 15 is 0 Å². The van der Waals surface area contributed by atoms with Crippen LogP contribution in [0.4, 0.5) is 5.69 Å². The van der Waals surface area contributed by atoms with Gasteiger partial charge in [0.25, 0.3) is 5.69 Å². The highest BCUT2D eigenvalue weighted by Crippen LogP contribution is 2.32. The topological polar surface area (TPSA) is 76.3 Å². The Bertz CT molecular complexity index is 718. The summed E-state index contributed by atoms with van der Waals surface area (Å²) in [4.78, 5) is 29.1. The first-order chi connectivity index (χ1) is 11.2. The number of nitrogens with zero attached hydrogens (tertiary/aromatic N) is 3. The van der Waals surface area contributed by atoms with Gasteiger partial charge in [-0.25, -0.2) is 0 Å². The van der Waals surface area contributed by atoms with Crippen LogP contribution in [-0.2, 0) is 11.2 Å². The Labute approximate surface area is 133 Å². The van der Waals surface area contributed by atoms with Gasteiger partial charge in [-0.3, -0.25) is 19.9 Å². The van der Waals surface area contributed by atoms with Gasteiger partial charge in [0.05, 0.1) is 17.4 Å². The molecule has 118 valence electrons. The largest absolute Gasteiger partial charge is 0.335 e. The summed E-state index contributed by atoms with van der Waals surface area (Å²) in [6.07, 6.45) is 5.34. The predicted octanol–water partition coefficient (Wildman–Crippen LogP) is 2.90. The summed E-state index contributed by atoms with van der Waals surface area (Å²) in [5, 5.41) is 11.1. The van der Waals surface area contributed by atoms with Crippen LogP contribution in [-0.4, -0.2) is 27.3 Å². The third kappa shape index (κ3) is 3.21. The SMILES string of the molecule is O=C(Cc1ccccc1[N+](=O)[O-])N1CCCC1c1ccncc1. The lowest BCUT2D eigenvalue weighted by molar-refractivity contribution is -0.385. The lowest BCUT2D eigenvalue weighted by atomic mass is 10.0. The van der Waals surface area contributed by atoms with Crippen molar-refractivity contribution in [1.82, 2.24) is 9.88 Å². The molecule has 1 atom stereocenters. The Morgan fingerprint density at radius 1 is 1.26 bits per heavy atom.